The van der Waals surface area contributed by atoms with Crippen LogP contribution in [0.5, 0.6) is 0 Å². The smallest absolute Gasteiger partial charge is 0.244 e. The summed E-state index contributed by atoms with van der Waals surface area (Å²) in [4.78, 5) is 13.5. The molecule has 21 heavy (non-hydrogen) atoms. The van der Waals surface area contributed by atoms with E-state index in [0.29, 0.717) is 6.54 Å². The number of nitrogens with two attached hydrogens (primary N) is 1. The maximum Gasteiger partial charge on any atom is 0.244 e. The standard InChI is InChI=1S/C15H17BrN2OS.ClH/c1-15(17,11-5-3-2-4-6-11)14(19)18-10-9-12-7-8-13(16)20-12;/h2-8H,9-10,17H2,1H3,(H,18,19);1H. The van der Waals surface area contributed by atoms with Crippen molar-refractivity contribution < 1.29 is 4.79 Å². The van der Waals surface area contributed by atoms with Crippen molar-refractivity contribution in [1.82, 2.24) is 5.32 Å². The van der Waals surface area contributed by atoms with Gasteiger partial charge in [0, 0.05) is 11.4 Å². The molecule has 0 aliphatic heterocycles. The molecule has 114 valence electrons. The van der Waals surface area contributed by atoms with Crippen LogP contribution in [0.4, 0.5) is 0 Å². The predicted molar refractivity (Wildman–Crippen MR) is 94.0 cm³/mol. The van der Waals surface area contributed by atoms with Gasteiger partial charge in [-0.25, -0.2) is 0 Å². The van der Waals surface area contributed by atoms with E-state index < -0.39 is 5.54 Å². The van der Waals surface area contributed by atoms with Gasteiger partial charge in [0.25, 0.3) is 0 Å². The molecule has 0 spiro atoms. The lowest BCUT2D eigenvalue weighted by Crippen LogP contribution is -2.49. The third kappa shape index (κ3) is 4.81. The summed E-state index contributed by atoms with van der Waals surface area (Å²) in [5, 5.41) is 2.91. The number of benzene rings is 1. The zero-order chi connectivity index (χ0) is 14.6. The first-order valence-corrected chi connectivity index (χ1v) is 7.98. The fourth-order valence-electron chi connectivity index (χ4n) is 1.88. The van der Waals surface area contributed by atoms with Crippen LogP contribution < -0.4 is 11.1 Å². The number of amides is 1. The summed E-state index contributed by atoms with van der Waals surface area (Å²) in [6.45, 7) is 2.32. The molecule has 6 heteroatoms. The number of nitrogens with one attached hydrogen (secondary N) is 1. The second kappa shape index (κ2) is 7.94. The molecule has 2 rings (SSSR count). The quantitative estimate of drug-likeness (QED) is 0.822. The van der Waals surface area contributed by atoms with Gasteiger partial charge in [-0.2, -0.15) is 0 Å². The highest BCUT2D eigenvalue weighted by atomic mass is 79.9. The van der Waals surface area contributed by atoms with Crippen LogP contribution in [0.25, 0.3) is 0 Å². The van der Waals surface area contributed by atoms with Crippen molar-refractivity contribution in [3.63, 3.8) is 0 Å². The van der Waals surface area contributed by atoms with Crippen LogP contribution in [0.2, 0.25) is 0 Å². The van der Waals surface area contributed by atoms with E-state index in [0.717, 1.165) is 15.8 Å². The van der Waals surface area contributed by atoms with Gasteiger partial charge < -0.3 is 11.1 Å². The lowest BCUT2D eigenvalue weighted by atomic mass is 9.92. The van der Waals surface area contributed by atoms with Crippen molar-refractivity contribution in [3.05, 3.63) is 56.7 Å². The second-order valence-corrected chi connectivity index (χ2v) is 7.33. The minimum atomic E-state index is -1.00. The maximum absolute atomic E-state index is 12.2. The van der Waals surface area contributed by atoms with E-state index in [1.165, 1.54) is 4.88 Å². The molecule has 1 aromatic carbocycles. The molecule has 3 nitrogen and oxygen atoms in total. The number of carbonyl (C=O) groups excluding carboxylic acids is 1. The van der Waals surface area contributed by atoms with Gasteiger partial charge in [0.05, 0.1) is 3.79 Å². The van der Waals surface area contributed by atoms with Crippen LogP contribution in [0.3, 0.4) is 0 Å². The van der Waals surface area contributed by atoms with E-state index in [1.807, 2.05) is 36.4 Å². The normalized spacial score (nSPS) is 13.1. The highest BCUT2D eigenvalue weighted by Crippen LogP contribution is 2.22. The van der Waals surface area contributed by atoms with E-state index in [-0.39, 0.29) is 18.3 Å². The molecule has 0 fully saturated rings. The van der Waals surface area contributed by atoms with Crippen molar-refractivity contribution in [2.24, 2.45) is 5.73 Å². The highest BCUT2D eigenvalue weighted by molar-refractivity contribution is 9.11. The molecule has 0 saturated heterocycles. The summed E-state index contributed by atoms with van der Waals surface area (Å²) in [5.74, 6) is -0.153. The molecule has 0 aliphatic rings. The van der Waals surface area contributed by atoms with Gasteiger partial charge in [-0.05, 0) is 47.0 Å². The molecule has 0 saturated carbocycles. The Kier molecular flexibility index (Phi) is 6.87. The lowest BCUT2D eigenvalue weighted by Gasteiger charge is -2.24. The zero-order valence-corrected chi connectivity index (χ0v) is 14.9. The van der Waals surface area contributed by atoms with Crippen molar-refractivity contribution in [2.45, 2.75) is 18.9 Å². The van der Waals surface area contributed by atoms with Crippen LogP contribution in [0, 0.1) is 0 Å². The predicted octanol–water partition coefficient (Wildman–Crippen LogP) is 3.47. The second-order valence-electron chi connectivity index (χ2n) is 4.78. The Hall–Kier alpha value is -0.880. The largest absolute Gasteiger partial charge is 0.354 e. The molecule has 1 heterocycles. The molecule has 3 N–H and O–H groups in total. The number of rotatable bonds is 5. The molecule has 0 radical (unpaired) electrons. The molecule has 1 atom stereocenters. The minimum absolute atomic E-state index is 0. The first-order valence-electron chi connectivity index (χ1n) is 6.37. The van der Waals surface area contributed by atoms with E-state index >= 15 is 0 Å². The van der Waals surface area contributed by atoms with Crippen LogP contribution in [-0.2, 0) is 16.8 Å². The van der Waals surface area contributed by atoms with Crippen molar-refractivity contribution >= 4 is 45.6 Å². The third-order valence-electron chi connectivity index (χ3n) is 3.13. The Bertz CT molecular complexity index is 586. The Morgan fingerprint density at radius 1 is 1.29 bits per heavy atom. The maximum atomic E-state index is 12.2. The Balaban J connectivity index is 0.00000220. The van der Waals surface area contributed by atoms with Crippen LogP contribution >= 0.6 is 39.7 Å². The van der Waals surface area contributed by atoms with Crippen molar-refractivity contribution in [1.29, 1.82) is 0 Å². The van der Waals surface area contributed by atoms with Gasteiger partial charge >= 0.3 is 0 Å². The summed E-state index contributed by atoms with van der Waals surface area (Å²) in [5.41, 5.74) is 5.96. The molecule has 1 aromatic heterocycles. The van der Waals surface area contributed by atoms with Crippen LogP contribution in [0.15, 0.2) is 46.3 Å². The summed E-state index contributed by atoms with van der Waals surface area (Å²) in [6.07, 6.45) is 0.812. The molecule has 0 aliphatic carbocycles. The van der Waals surface area contributed by atoms with E-state index in [2.05, 4.69) is 27.3 Å². The number of thiophene rings is 1. The average Bonchev–Trinajstić information content (AvgIpc) is 2.85. The topological polar surface area (TPSA) is 55.1 Å². The van der Waals surface area contributed by atoms with E-state index in [9.17, 15) is 4.79 Å². The Labute approximate surface area is 143 Å². The fraction of sp³-hybridized carbons (Fsp3) is 0.267. The van der Waals surface area contributed by atoms with Gasteiger partial charge in [0.15, 0.2) is 0 Å². The summed E-state index contributed by atoms with van der Waals surface area (Å²) in [7, 11) is 0. The summed E-state index contributed by atoms with van der Waals surface area (Å²) in [6, 6.07) is 13.5. The SMILES string of the molecule is CC(N)(C(=O)NCCc1ccc(Br)s1)c1ccccc1.Cl. The Morgan fingerprint density at radius 2 is 1.95 bits per heavy atom. The lowest BCUT2D eigenvalue weighted by molar-refractivity contribution is -0.126. The van der Waals surface area contributed by atoms with E-state index in [4.69, 9.17) is 5.73 Å². The minimum Gasteiger partial charge on any atom is -0.354 e. The van der Waals surface area contributed by atoms with E-state index in [1.54, 1.807) is 18.3 Å². The van der Waals surface area contributed by atoms with Crippen molar-refractivity contribution in [2.75, 3.05) is 6.54 Å². The van der Waals surface area contributed by atoms with Crippen LogP contribution in [-0.4, -0.2) is 12.5 Å². The monoisotopic (exact) mass is 388 g/mol. The third-order valence-corrected chi connectivity index (χ3v) is 4.81. The number of hydrogen-bond donors (Lipinski definition) is 2. The Morgan fingerprint density at radius 3 is 2.52 bits per heavy atom. The van der Waals surface area contributed by atoms with Gasteiger partial charge in [0.2, 0.25) is 5.91 Å². The van der Waals surface area contributed by atoms with Gasteiger partial charge in [-0.15, -0.1) is 23.7 Å². The number of carbonyl (C=O) groups is 1. The highest BCUT2D eigenvalue weighted by Gasteiger charge is 2.29. The van der Waals surface area contributed by atoms with Gasteiger partial charge in [-0.1, -0.05) is 30.3 Å². The number of hydrogen-bond acceptors (Lipinski definition) is 3. The van der Waals surface area contributed by atoms with Gasteiger partial charge in [0.1, 0.15) is 5.54 Å². The zero-order valence-electron chi connectivity index (χ0n) is 11.6. The fourth-order valence-corrected chi connectivity index (χ4v) is 3.37. The molecular weight excluding hydrogens is 372 g/mol. The molecule has 1 unspecified atom stereocenters. The summed E-state index contributed by atoms with van der Waals surface area (Å²) < 4.78 is 1.10. The number of halogens is 2. The summed E-state index contributed by atoms with van der Waals surface area (Å²) >= 11 is 5.10. The first kappa shape index (κ1) is 18.2. The average molecular weight is 390 g/mol. The molecule has 0 bridgehead atoms. The first-order chi connectivity index (χ1) is 9.50. The van der Waals surface area contributed by atoms with Crippen molar-refractivity contribution in [3.8, 4) is 0 Å². The molecule has 1 amide bonds. The molecular formula is C15H18BrClN2OS. The van der Waals surface area contributed by atoms with Gasteiger partial charge in [-0.3, -0.25) is 4.79 Å². The molecule has 2 aromatic rings. The van der Waals surface area contributed by atoms with Crippen LogP contribution in [0.1, 0.15) is 17.4 Å².